The van der Waals surface area contributed by atoms with E-state index >= 15 is 0 Å². The molecule has 0 spiro atoms. The Morgan fingerprint density at radius 1 is 1.05 bits per heavy atom. The molecule has 0 fully saturated rings. The van der Waals surface area contributed by atoms with Crippen molar-refractivity contribution in [1.29, 1.82) is 0 Å². The first-order valence-corrected chi connectivity index (χ1v) is 7.36. The second-order valence-corrected chi connectivity index (χ2v) is 6.62. The molecule has 4 N–H and O–H groups in total. The summed E-state index contributed by atoms with van der Waals surface area (Å²) in [5, 5.41) is 31.4. The van der Waals surface area contributed by atoms with E-state index < -0.39 is 5.75 Å². The van der Waals surface area contributed by atoms with Crippen LogP contribution < -0.4 is 5.32 Å². The molecule has 0 saturated carbocycles. The molecule has 4 nitrogen and oxygen atoms in total. The number of halogens is 1. The zero-order valence-corrected chi connectivity index (χ0v) is 12.5. The number of nitrogens with one attached hydrogen (secondary N) is 1. The lowest BCUT2D eigenvalue weighted by Gasteiger charge is -2.08. The van der Waals surface area contributed by atoms with Gasteiger partial charge in [0.1, 0.15) is 0 Å². The summed E-state index contributed by atoms with van der Waals surface area (Å²) < 4.78 is 1.11. The van der Waals surface area contributed by atoms with Gasteiger partial charge in [-0.15, -0.1) is 11.3 Å². The molecular weight excluding hydrogens is 330 g/mol. The van der Waals surface area contributed by atoms with Crippen LogP contribution in [0.5, 0.6) is 17.2 Å². The molecule has 0 atom stereocenters. The van der Waals surface area contributed by atoms with Crippen molar-refractivity contribution in [2.24, 2.45) is 0 Å². The Hall–Kier alpha value is -1.24. The summed E-state index contributed by atoms with van der Waals surface area (Å²) in [7, 11) is 0. The summed E-state index contributed by atoms with van der Waals surface area (Å²) in [6, 6.07) is 7.03. The summed E-state index contributed by atoms with van der Waals surface area (Å²) in [6.45, 7) is 1.21. The van der Waals surface area contributed by atoms with Crippen molar-refractivity contribution < 1.29 is 15.3 Å². The van der Waals surface area contributed by atoms with Gasteiger partial charge in [0.2, 0.25) is 5.75 Å². The third kappa shape index (κ3) is 3.62. The van der Waals surface area contributed by atoms with Crippen LogP contribution in [0.1, 0.15) is 10.4 Å². The zero-order chi connectivity index (χ0) is 13.8. The van der Waals surface area contributed by atoms with Crippen LogP contribution in [-0.4, -0.2) is 21.9 Å². The minimum Gasteiger partial charge on any atom is -0.504 e. The molecule has 0 amide bonds. The molecule has 1 aromatic carbocycles. The monoisotopic (exact) mass is 343 g/mol. The lowest BCUT2D eigenvalue weighted by molar-refractivity contribution is 0.364. The van der Waals surface area contributed by atoms with Crippen molar-refractivity contribution in [3.63, 3.8) is 0 Å². The van der Waals surface area contributed by atoms with E-state index in [9.17, 15) is 15.3 Å². The number of benzene rings is 1. The Labute approximate surface area is 123 Å². The maximum Gasteiger partial charge on any atom is 0.200 e. The molecular formula is C13H14BrNO3S. The number of phenolic OH excluding ortho intramolecular Hbond substituents is 3. The van der Waals surface area contributed by atoms with Gasteiger partial charge >= 0.3 is 0 Å². The minimum absolute atomic E-state index is 0.272. The van der Waals surface area contributed by atoms with Gasteiger partial charge in [0.05, 0.1) is 3.79 Å². The summed E-state index contributed by atoms with van der Waals surface area (Å²) in [5.74, 6) is -1.06. The fourth-order valence-electron chi connectivity index (χ4n) is 1.67. The number of aromatic hydroxyl groups is 3. The quantitative estimate of drug-likeness (QED) is 0.497. The van der Waals surface area contributed by atoms with E-state index in [4.69, 9.17) is 0 Å². The van der Waals surface area contributed by atoms with Gasteiger partial charge in [0.15, 0.2) is 11.5 Å². The van der Waals surface area contributed by atoms with Gasteiger partial charge in [-0.05, 0) is 40.5 Å². The Morgan fingerprint density at radius 3 is 2.53 bits per heavy atom. The summed E-state index contributed by atoms with van der Waals surface area (Å²) >= 11 is 5.11. The predicted octanol–water partition coefficient (Wildman–Crippen LogP) is 2.96. The van der Waals surface area contributed by atoms with Gasteiger partial charge in [-0.1, -0.05) is 6.07 Å². The van der Waals surface area contributed by atoms with Crippen LogP contribution in [0.25, 0.3) is 0 Å². The molecule has 2 rings (SSSR count). The maximum atomic E-state index is 9.64. The number of rotatable bonds is 5. The van der Waals surface area contributed by atoms with Crippen molar-refractivity contribution in [1.82, 2.24) is 5.32 Å². The highest BCUT2D eigenvalue weighted by molar-refractivity contribution is 9.11. The Kier molecular flexibility index (Phi) is 4.68. The zero-order valence-electron chi connectivity index (χ0n) is 10.1. The van der Waals surface area contributed by atoms with Gasteiger partial charge in [0.25, 0.3) is 0 Å². The molecule has 0 bridgehead atoms. The third-order valence-corrected chi connectivity index (χ3v) is 4.39. The van der Waals surface area contributed by atoms with Gasteiger partial charge in [0, 0.05) is 23.5 Å². The second kappa shape index (κ2) is 6.27. The van der Waals surface area contributed by atoms with Crippen molar-refractivity contribution in [2.75, 3.05) is 6.54 Å². The highest BCUT2D eigenvalue weighted by Crippen LogP contribution is 2.36. The van der Waals surface area contributed by atoms with Gasteiger partial charge < -0.3 is 20.6 Å². The fraction of sp³-hybridized carbons (Fsp3) is 0.231. The second-order valence-electron chi connectivity index (χ2n) is 4.07. The lowest BCUT2D eigenvalue weighted by Crippen LogP contribution is -2.16. The van der Waals surface area contributed by atoms with E-state index in [2.05, 4.69) is 27.3 Å². The predicted molar refractivity (Wildman–Crippen MR) is 78.9 cm³/mol. The average molecular weight is 344 g/mol. The van der Waals surface area contributed by atoms with E-state index in [1.165, 1.54) is 10.9 Å². The first-order chi connectivity index (χ1) is 9.08. The Morgan fingerprint density at radius 2 is 1.84 bits per heavy atom. The Bertz CT molecular complexity index is 571. The smallest absolute Gasteiger partial charge is 0.200 e. The van der Waals surface area contributed by atoms with Crippen molar-refractivity contribution in [2.45, 2.75) is 13.0 Å². The molecule has 19 heavy (non-hydrogen) atoms. The summed E-state index contributed by atoms with van der Waals surface area (Å²) in [5.41, 5.74) is 0.558. The number of thiophene rings is 1. The third-order valence-electron chi connectivity index (χ3n) is 2.71. The van der Waals surface area contributed by atoms with E-state index in [-0.39, 0.29) is 11.5 Å². The molecule has 0 aliphatic heterocycles. The molecule has 2 aromatic rings. The molecule has 0 radical (unpaired) electrons. The van der Waals surface area contributed by atoms with E-state index in [1.807, 2.05) is 6.07 Å². The standard InChI is InChI=1S/C13H14BrNO3S/c14-11-4-2-9(19-11)5-6-15-7-8-1-3-10(16)13(18)12(8)17/h1-4,15-18H,5-7H2. The van der Waals surface area contributed by atoms with Crippen LogP contribution in [0, 0.1) is 0 Å². The minimum atomic E-state index is -0.471. The highest BCUT2D eigenvalue weighted by atomic mass is 79.9. The Balaban J connectivity index is 1.84. The van der Waals surface area contributed by atoms with Crippen molar-refractivity contribution in [3.8, 4) is 17.2 Å². The number of hydrogen-bond donors (Lipinski definition) is 4. The van der Waals surface area contributed by atoms with Crippen molar-refractivity contribution >= 4 is 27.3 Å². The van der Waals surface area contributed by atoms with E-state index in [0.717, 1.165) is 16.8 Å². The lowest BCUT2D eigenvalue weighted by atomic mass is 10.1. The number of hydrogen-bond acceptors (Lipinski definition) is 5. The molecule has 0 aliphatic rings. The average Bonchev–Trinajstić information content (AvgIpc) is 2.80. The van der Waals surface area contributed by atoms with Crippen LogP contribution in [-0.2, 0) is 13.0 Å². The maximum absolute atomic E-state index is 9.64. The first-order valence-electron chi connectivity index (χ1n) is 5.75. The summed E-state index contributed by atoms with van der Waals surface area (Å²) in [4.78, 5) is 1.28. The van der Waals surface area contributed by atoms with Gasteiger partial charge in [-0.25, -0.2) is 0 Å². The SMILES string of the molecule is Oc1ccc(CNCCc2ccc(Br)s2)c(O)c1O. The van der Waals surface area contributed by atoms with Crippen LogP contribution in [0.3, 0.4) is 0 Å². The van der Waals surface area contributed by atoms with Crippen LogP contribution in [0.4, 0.5) is 0 Å². The highest BCUT2D eigenvalue weighted by Gasteiger charge is 2.10. The first kappa shape index (κ1) is 14.2. The molecule has 6 heteroatoms. The van der Waals surface area contributed by atoms with E-state index in [0.29, 0.717) is 12.1 Å². The number of phenols is 3. The van der Waals surface area contributed by atoms with Gasteiger partial charge in [-0.3, -0.25) is 0 Å². The topological polar surface area (TPSA) is 72.7 Å². The summed E-state index contributed by atoms with van der Waals surface area (Å²) in [6.07, 6.45) is 0.904. The molecule has 1 aromatic heterocycles. The molecule has 0 unspecified atom stereocenters. The normalized spacial score (nSPS) is 10.8. The van der Waals surface area contributed by atoms with Crippen LogP contribution >= 0.6 is 27.3 Å². The molecule has 1 heterocycles. The van der Waals surface area contributed by atoms with Crippen LogP contribution in [0.2, 0.25) is 0 Å². The van der Waals surface area contributed by atoms with Crippen molar-refractivity contribution in [3.05, 3.63) is 38.5 Å². The van der Waals surface area contributed by atoms with Gasteiger partial charge in [-0.2, -0.15) is 0 Å². The molecule has 0 aliphatic carbocycles. The van der Waals surface area contributed by atoms with Crippen LogP contribution in [0.15, 0.2) is 28.1 Å². The largest absolute Gasteiger partial charge is 0.504 e. The molecule has 0 saturated heterocycles. The molecule has 102 valence electrons. The van der Waals surface area contributed by atoms with E-state index in [1.54, 1.807) is 17.4 Å². The fourth-order valence-corrected chi connectivity index (χ4v) is 3.16.